The van der Waals surface area contributed by atoms with Gasteiger partial charge in [0.15, 0.2) is 0 Å². The van der Waals surface area contributed by atoms with Gasteiger partial charge in [-0.25, -0.2) is 0 Å². The number of nitrogens with one attached hydrogen (secondary N) is 1. The molecule has 0 fully saturated rings. The van der Waals surface area contributed by atoms with Crippen molar-refractivity contribution in [1.82, 2.24) is 5.32 Å². The molecule has 0 saturated heterocycles. The molecule has 0 aliphatic carbocycles. The molecule has 2 nitrogen and oxygen atoms in total. The second-order valence-corrected chi connectivity index (χ2v) is 7.22. The summed E-state index contributed by atoms with van der Waals surface area (Å²) in [5.41, 5.74) is 0. The van der Waals surface area contributed by atoms with Gasteiger partial charge in [0.1, 0.15) is 0 Å². The van der Waals surface area contributed by atoms with Crippen LogP contribution in [0.15, 0.2) is 0 Å². The summed E-state index contributed by atoms with van der Waals surface area (Å²) in [6.07, 6.45) is 9.18. The number of hydrogen-bond donors (Lipinski definition) is 1. The Morgan fingerprint density at radius 1 is 1.00 bits per heavy atom. The normalized spacial score (nSPS) is 10.4. The number of unbranched alkanes of at least 4 members (excludes halogenated alkanes) is 6. The molecule has 0 aliphatic heterocycles. The van der Waals surface area contributed by atoms with Crippen LogP contribution in [0.3, 0.4) is 0 Å². The second-order valence-electron chi connectivity index (χ2n) is 3.77. The molecule has 0 aromatic heterocycles. The van der Waals surface area contributed by atoms with Gasteiger partial charge in [-0.3, -0.25) is 4.79 Å². The lowest BCUT2D eigenvalue weighted by atomic mass is 10.1. The highest BCUT2D eigenvalue weighted by molar-refractivity contribution is 14.2. The van der Waals surface area contributed by atoms with Gasteiger partial charge in [-0.15, -0.1) is 0 Å². The van der Waals surface area contributed by atoms with Crippen LogP contribution in [0.2, 0.25) is 0 Å². The summed E-state index contributed by atoms with van der Waals surface area (Å²) in [5, 5.41) is 2.93. The van der Waals surface area contributed by atoms with Crippen molar-refractivity contribution >= 4 is 58.6 Å². The Kier molecular flexibility index (Phi) is 15.5. The van der Waals surface area contributed by atoms with Gasteiger partial charge in [-0.2, -0.15) is 0 Å². The summed E-state index contributed by atoms with van der Waals surface area (Å²) in [4.78, 5) is 11.1. The summed E-state index contributed by atoms with van der Waals surface area (Å²) >= 11 is 4.59. The van der Waals surface area contributed by atoms with E-state index in [0.717, 1.165) is 13.0 Å². The minimum absolute atomic E-state index is 0.168. The van der Waals surface area contributed by atoms with Crippen molar-refractivity contribution < 1.29 is 4.79 Å². The summed E-state index contributed by atoms with van der Waals surface area (Å²) in [7, 11) is 1.55. The molecule has 0 bridgehead atoms. The van der Waals surface area contributed by atoms with Gasteiger partial charge in [-0.1, -0.05) is 63.6 Å². The third-order valence-corrected chi connectivity index (χ3v) is 4.39. The SMILES string of the molecule is O=C(CSI)NCCCCCCCCCI. The monoisotopic (exact) mass is 469 g/mol. The Morgan fingerprint density at radius 3 is 2.12 bits per heavy atom. The molecule has 0 unspecified atom stereocenters. The topological polar surface area (TPSA) is 29.1 Å². The smallest absolute Gasteiger partial charge is 0.230 e. The third kappa shape index (κ3) is 13.3. The highest BCUT2D eigenvalue weighted by atomic mass is 127. The van der Waals surface area contributed by atoms with E-state index in [2.05, 4.69) is 49.1 Å². The van der Waals surface area contributed by atoms with Crippen molar-refractivity contribution in [2.45, 2.75) is 44.9 Å². The first-order chi connectivity index (χ1) is 7.81. The lowest BCUT2D eigenvalue weighted by Gasteiger charge is -2.03. The maximum absolute atomic E-state index is 11.1. The molecule has 5 heteroatoms. The fourth-order valence-electron chi connectivity index (χ4n) is 1.43. The Labute approximate surface area is 129 Å². The van der Waals surface area contributed by atoms with Gasteiger partial charge in [0.2, 0.25) is 5.91 Å². The van der Waals surface area contributed by atoms with Crippen LogP contribution in [0.1, 0.15) is 44.9 Å². The average molecular weight is 469 g/mol. The molecule has 0 aromatic carbocycles. The number of carbonyl (C=O) groups is 1. The summed E-state index contributed by atoms with van der Waals surface area (Å²) in [5.74, 6) is 0.748. The Morgan fingerprint density at radius 2 is 1.56 bits per heavy atom. The zero-order valence-electron chi connectivity index (χ0n) is 9.64. The van der Waals surface area contributed by atoms with Crippen LogP contribution in [0.4, 0.5) is 0 Å². The molecular weight excluding hydrogens is 448 g/mol. The number of rotatable bonds is 11. The summed E-state index contributed by atoms with van der Waals surface area (Å²) in [6, 6.07) is 0. The molecule has 1 amide bonds. The first-order valence-electron chi connectivity index (χ1n) is 5.87. The first kappa shape index (κ1) is 17.3. The number of halogens is 2. The van der Waals surface area contributed by atoms with Gasteiger partial charge in [0.05, 0.1) is 5.75 Å². The highest BCUT2D eigenvalue weighted by Gasteiger charge is 1.98. The molecule has 0 saturated carbocycles. The van der Waals surface area contributed by atoms with Crippen LogP contribution in [-0.2, 0) is 4.79 Å². The van der Waals surface area contributed by atoms with E-state index in [9.17, 15) is 4.79 Å². The van der Waals surface area contributed by atoms with Crippen molar-refractivity contribution in [3.8, 4) is 0 Å². The molecule has 0 rings (SSSR count). The fraction of sp³-hybridized carbons (Fsp3) is 0.909. The standard InChI is InChI=1S/C11H21I2NOS/c12-8-6-4-2-1-3-5-7-9-14-11(15)10-16-13/h1-10H2,(H,14,15). The van der Waals surface area contributed by atoms with E-state index in [1.165, 1.54) is 43.0 Å². The minimum Gasteiger partial charge on any atom is -0.355 e. The van der Waals surface area contributed by atoms with Gasteiger partial charge in [0.25, 0.3) is 0 Å². The molecule has 0 radical (unpaired) electrons. The van der Waals surface area contributed by atoms with Crippen LogP contribution >= 0.6 is 52.7 Å². The van der Waals surface area contributed by atoms with Crippen LogP contribution in [-0.4, -0.2) is 22.6 Å². The van der Waals surface area contributed by atoms with E-state index in [1.807, 2.05) is 0 Å². The largest absolute Gasteiger partial charge is 0.355 e. The van der Waals surface area contributed by atoms with Crippen LogP contribution in [0.5, 0.6) is 0 Å². The van der Waals surface area contributed by atoms with Crippen LogP contribution in [0.25, 0.3) is 0 Å². The number of carbonyl (C=O) groups excluding carboxylic acids is 1. The maximum Gasteiger partial charge on any atom is 0.230 e. The lowest BCUT2D eigenvalue weighted by molar-refractivity contribution is -0.118. The Bertz CT molecular complexity index is 170. The van der Waals surface area contributed by atoms with E-state index in [1.54, 1.807) is 8.93 Å². The number of alkyl halides is 1. The molecule has 0 aliphatic rings. The molecule has 0 aromatic rings. The average Bonchev–Trinajstić information content (AvgIpc) is 2.27. The minimum atomic E-state index is 0.168. The van der Waals surface area contributed by atoms with E-state index < -0.39 is 0 Å². The van der Waals surface area contributed by atoms with Crippen LogP contribution in [0, 0.1) is 0 Å². The van der Waals surface area contributed by atoms with Crippen molar-refractivity contribution in [3.63, 3.8) is 0 Å². The zero-order chi connectivity index (χ0) is 12.1. The molecule has 0 atom stereocenters. The molecule has 0 spiro atoms. The van der Waals surface area contributed by atoms with Gasteiger partial charge < -0.3 is 5.32 Å². The van der Waals surface area contributed by atoms with E-state index >= 15 is 0 Å². The van der Waals surface area contributed by atoms with E-state index in [4.69, 9.17) is 0 Å². The van der Waals surface area contributed by atoms with Gasteiger partial charge >= 0.3 is 0 Å². The molecule has 96 valence electrons. The maximum atomic E-state index is 11.1. The third-order valence-electron chi connectivity index (χ3n) is 2.32. The number of hydrogen-bond acceptors (Lipinski definition) is 2. The number of amides is 1. The van der Waals surface area contributed by atoms with Crippen LogP contribution < -0.4 is 5.32 Å². The van der Waals surface area contributed by atoms with E-state index in [-0.39, 0.29) is 5.91 Å². The predicted octanol–water partition coefficient (Wildman–Crippen LogP) is 4.35. The summed E-state index contributed by atoms with van der Waals surface area (Å²) < 4.78 is 1.29. The van der Waals surface area contributed by atoms with E-state index in [0.29, 0.717) is 5.75 Å². The molecule has 16 heavy (non-hydrogen) atoms. The van der Waals surface area contributed by atoms with Crippen molar-refractivity contribution in [1.29, 1.82) is 0 Å². The summed E-state index contributed by atoms with van der Waals surface area (Å²) in [6.45, 7) is 0.851. The molecule has 1 N–H and O–H groups in total. The lowest BCUT2D eigenvalue weighted by Crippen LogP contribution is -2.25. The van der Waals surface area contributed by atoms with Crippen molar-refractivity contribution in [2.75, 3.05) is 16.7 Å². The molecular formula is C11H21I2NOS. The Balaban J connectivity index is 3.01. The quantitative estimate of drug-likeness (QED) is 0.277. The molecule has 0 heterocycles. The zero-order valence-corrected chi connectivity index (χ0v) is 14.8. The second kappa shape index (κ2) is 14.3. The highest BCUT2D eigenvalue weighted by Crippen LogP contribution is 2.09. The van der Waals surface area contributed by atoms with Crippen molar-refractivity contribution in [3.05, 3.63) is 0 Å². The van der Waals surface area contributed by atoms with Gasteiger partial charge in [0, 0.05) is 6.54 Å². The van der Waals surface area contributed by atoms with Crippen molar-refractivity contribution in [2.24, 2.45) is 0 Å². The Hall–Kier alpha value is 1.28. The fourth-order valence-corrected chi connectivity index (χ4v) is 3.02. The first-order valence-corrected chi connectivity index (χ1v) is 10.9. The van der Waals surface area contributed by atoms with Gasteiger partial charge in [-0.05, 0) is 38.5 Å². The predicted molar refractivity (Wildman–Crippen MR) is 90.7 cm³/mol.